The molecule has 3 nitrogen and oxygen atoms in total. The number of benzene rings is 1. The van der Waals surface area contributed by atoms with E-state index in [1.165, 1.54) is 12.1 Å². The van der Waals surface area contributed by atoms with Gasteiger partial charge in [-0.25, -0.2) is 9.18 Å². The largest absolute Gasteiger partial charge is 0.474 e. The Balaban J connectivity index is 2.14. The minimum atomic E-state index is -0.955. The SMILES string of the molecule is CC(C)(C)OC(=O)C1(Oc2cc(F)ccc2Br)CC1. The molecule has 0 radical (unpaired) electrons. The molecule has 0 heterocycles. The van der Waals surface area contributed by atoms with E-state index in [2.05, 4.69) is 15.9 Å². The lowest BCUT2D eigenvalue weighted by atomic mass is 10.2. The topological polar surface area (TPSA) is 35.5 Å². The van der Waals surface area contributed by atoms with Crippen molar-refractivity contribution in [2.24, 2.45) is 0 Å². The molecule has 0 aromatic heterocycles. The summed E-state index contributed by atoms with van der Waals surface area (Å²) in [6.45, 7) is 5.41. The van der Waals surface area contributed by atoms with Gasteiger partial charge in [-0.15, -0.1) is 0 Å². The van der Waals surface area contributed by atoms with Gasteiger partial charge in [0.15, 0.2) is 0 Å². The zero-order chi connectivity index (χ0) is 14.3. The Kier molecular flexibility index (Phi) is 3.60. The molecule has 2 rings (SSSR count). The van der Waals surface area contributed by atoms with Crippen molar-refractivity contribution in [3.05, 3.63) is 28.5 Å². The van der Waals surface area contributed by atoms with Crippen LogP contribution < -0.4 is 4.74 Å². The van der Waals surface area contributed by atoms with Crippen molar-refractivity contribution < 1.29 is 18.7 Å². The molecule has 1 aromatic carbocycles. The van der Waals surface area contributed by atoms with Gasteiger partial charge in [-0.2, -0.15) is 0 Å². The molecular weight excluding hydrogens is 315 g/mol. The third-order valence-electron chi connectivity index (χ3n) is 2.67. The number of carbonyl (C=O) groups excluding carboxylic acids is 1. The molecule has 0 saturated heterocycles. The molecule has 0 unspecified atom stereocenters. The second-order valence-corrected chi connectivity index (χ2v) is 6.53. The van der Waals surface area contributed by atoms with Crippen LogP contribution >= 0.6 is 15.9 Å². The van der Waals surface area contributed by atoms with E-state index in [-0.39, 0.29) is 0 Å². The second-order valence-electron chi connectivity index (χ2n) is 5.67. The molecule has 1 fully saturated rings. The summed E-state index contributed by atoms with van der Waals surface area (Å²) in [6, 6.07) is 4.13. The van der Waals surface area contributed by atoms with Crippen molar-refractivity contribution in [1.29, 1.82) is 0 Å². The summed E-state index contributed by atoms with van der Waals surface area (Å²) in [7, 11) is 0. The van der Waals surface area contributed by atoms with Crippen LogP contribution in [0.25, 0.3) is 0 Å². The van der Waals surface area contributed by atoms with Gasteiger partial charge in [-0.3, -0.25) is 0 Å². The fourth-order valence-corrected chi connectivity index (χ4v) is 1.93. The first-order valence-electron chi connectivity index (χ1n) is 6.09. The molecule has 19 heavy (non-hydrogen) atoms. The van der Waals surface area contributed by atoms with Crippen LogP contribution in [-0.4, -0.2) is 17.2 Å². The van der Waals surface area contributed by atoms with E-state index >= 15 is 0 Å². The molecule has 1 aromatic rings. The molecule has 0 spiro atoms. The lowest BCUT2D eigenvalue weighted by molar-refractivity contribution is -0.165. The highest BCUT2D eigenvalue weighted by molar-refractivity contribution is 9.10. The molecular formula is C14H16BrFO3. The lowest BCUT2D eigenvalue weighted by Gasteiger charge is -2.24. The average Bonchev–Trinajstić information content (AvgIpc) is 3.02. The Morgan fingerprint density at radius 3 is 2.53 bits per heavy atom. The predicted molar refractivity (Wildman–Crippen MR) is 72.5 cm³/mol. The van der Waals surface area contributed by atoms with Gasteiger partial charge in [0.1, 0.15) is 17.2 Å². The van der Waals surface area contributed by atoms with E-state index < -0.39 is 23.0 Å². The van der Waals surface area contributed by atoms with Gasteiger partial charge in [-0.1, -0.05) is 0 Å². The molecule has 0 bridgehead atoms. The van der Waals surface area contributed by atoms with Crippen molar-refractivity contribution in [3.8, 4) is 5.75 Å². The zero-order valence-corrected chi connectivity index (χ0v) is 12.7. The van der Waals surface area contributed by atoms with E-state index in [1.54, 1.807) is 26.8 Å². The summed E-state index contributed by atoms with van der Waals surface area (Å²) in [4.78, 5) is 12.1. The summed E-state index contributed by atoms with van der Waals surface area (Å²) in [5.41, 5.74) is -1.52. The molecule has 5 heteroatoms. The number of rotatable bonds is 3. The number of hydrogen-bond acceptors (Lipinski definition) is 3. The second kappa shape index (κ2) is 4.78. The normalized spacial score (nSPS) is 16.9. The van der Waals surface area contributed by atoms with E-state index in [1.807, 2.05) is 0 Å². The van der Waals surface area contributed by atoms with Crippen LogP contribution in [0.3, 0.4) is 0 Å². The molecule has 1 saturated carbocycles. The Hall–Kier alpha value is -1.10. The highest BCUT2D eigenvalue weighted by Crippen LogP contribution is 2.44. The summed E-state index contributed by atoms with van der Waals surface area (Å²) < 4.78 is 24.8. The first kappa shape index (κ1) is 14.3. The van der Waals surface area contributed by atoms with Crippen molar-refractivity contribution in [2.45, 2.75) is 44.8 Å². The Bertz CT molecular complexity index is 504. The summed E-state index contributed by atoms with van der Waals surface area (Å²) in [5, 5.41) is 0. The van der Waals surface area contributed by atoms with Gasteiger partial charge in [-0.05, 0) is 48.8 Å². The first-order chi connectivity index (χ1) is 8.72. The van der Waals surface area contributed by atoms with Gasteiger partial charge in [0, 0.05) is 18.9 Å². The van der Waals surface area contributed by atoms with E-state index in [9.17, 15) is 9.18 Å². The van der Waals surface area contributed by atoms with E-state index in [4.69, 9.17) is 9.47 Å². The summed E-state index contributed by atoms with van der Waals surface area (Å²) in [5.74, 6) is -0.474. The van der Waals surface area contributed by atoms with Crippen molar-refractivity contribution in [2.75, 3.05) is 0 Å². The van der Waals surface area contributed by atoms with Crippen LogP contribution in [0.5, 0.6) is 5.75 Å². The number of halogens is 2. The maximum Gasteiger partial charge on any atom is 0.351 e. The van der Waals surface area contributed by atoms with Crippen LogP contribution in [0.2, 0.25) is 0 Å². The minimum Gasteiger partial charge on any atom is -0.474 e. The van der Waals surface area contributed by atoms with Crippen molar-refractivity contribution in [1.82, 2.24) is 0 Å². The molecule has 1 aliphatic carbocycles. The smallest absolute Gasteiger partial charge is 0.351 e. The predicted octanol–water partition coefficient (Wildman–Crippen LogP) is 3.84. The maximum atomic E-state index is 13.2. The van der Waals surface area contributed by atoms with Gasteiger partial charge < -0.3 is 9.47 Å². The highest BCUT2D eigenvalue weighted by Gasteiger charge is 2.55. The van der Waals surface area contributed by atoms with Crippen LogP contribution in [0.15, 0.2) is 22.7 Å². The standard InChI is InChI=1S/C14H16BrFO3/c1-13(2,3)19-12(17)14(6-7-14)18-11-8-9(16)4-5-10(11)15/h4-5,8H,6-7H2,1-3H3. The molecule has 104 valence electrons. The Labute approximate surface area is 120 Å². The highest BCUT2D eigenvalue weighted by atomic mass is 79.9. The van der Waals surface area contributed by atoms with Crippen molar-refractivity contribution >= 4 is 21.9 Å². The molecule has 0 amide bonds. The summed E-state index contributed by atoms with van der Waals surface area (Å²) >= 11 is 3.28. The van der Waals surface area contributed by atoms with Gasteiger partial charge in [0.05, 0.1) is 4.47 Å². The Morgan fingerprint density at radius 1 is 1.37 bits per heavy atom. The monoisotopic (exact) mass is 330 g/mol. The van der Waals surface area contributed by atoms with Gasteiger partial charge >= 0.3 is 5.97 Å². The quantitative estimate of drug-likeness (QED) is 0.790. The lowest BCUT2D eigenvalue weighted by Crippen LogP contribution is -2.37. The van der Waals surface area contributed by atoms with Gasteiger partial charge in [0.2, 0.25) is 5.60 Å². The molecule has 0 N–H and O–H groups in total. The van der Waals surface area contributed by atoms with Crippen LogP contribution in [0.1, 0.15) is 33.6 Å². The van der Waals surface area contributed by atoms with Gasteiger partial charge in [0.25, 0.3) is 0 Å². The fraction of sp³-hybridized carbons (Fsp3) is 0.500. The molecule has 0 aliphatic heterocycles. The fourth-order valence-electron chi connectivity index (χ4n) is 1.60. The van der Waals surface area contributed by atoms with Crippen LogP contribution in [-0.2, 0) is 9.53 Å². The van der Waals surface area contributed by atoms with E-state index in [0.29, 0.717) is 23.1 Å². The summed E-state index contributed by atoms with van der Waals surface area (Å²) in [6.07, 6.45) is 1.18. The number of carbonyl (C=O) groups is 1. The Morgan fingerprint density at radius 2 is 2.00 bits per heavy atom. The molecule has 0 atom stereocenters. The maximum absolute atomic E-state index is 13.2. The van der Waals surface area contributed by atoms with Crippen LogP contribution in [0.4, 0.5) is 4.39 Å². The zero-order valence-electron chi connectivity index (χ0n) is 11.1. The third-order valence-corrected chi connectivity index (χ3v) is 3.33. The van der Waals surface area contributed by atoms with Crippen LogP contribution in [0, 0.1) is 5.82 Å². The number of esters is 1. The minimum absolute atomic E-state index is 0.323. The average molecular weight is 331 g/mol. The first-order valence-corrected chi connectivity index (χ1v) is 6.89. The van der Waals surface area contributed by atoms with Crippen molar-refractivity contribution in [3.63, 3.8) is 0 Å². The van der Waals surface area contributed by atoms with E-state index in [0.717, 1.165) is 0 Å². The number of ether oxygens (including phenoxy) is 2. The molecule has 1 aliphatic rings. The number of hydrogen-bond donors (Lipinski definition) is 0. The third kappa shape index (κ3) is 3.47.